The molecule has 0 bridgehead atoms. The van der Waals surface area contributed by atoms with E-state index < -0.39 is 0 Å². The monoisotopic (exact) mass is 328 g/mol. The lowest BCUT2D eigenvalue weighted by Crippen LogP contribution is -1.91. The average molecular weight is 328 g/mol. The Bertz CT molecular complexity index is 858. The number of rotatable bonds is 5. The van der Waals surface area contributed by atoms with Crippen LogP contribution in [0.3, 0.4) is 0 Å². The molecule has 0 saturated carbocycles. The standard InChI is InChI=1S/C17H16N2O3S/c1-20-12-5-6-13-16(9-12)23-17(19-13)18-10-11-4-7-14(21-2)15(8-11)22-3/h4-10H,1-3H3. The van der Waals surface area contributed by atoms with Gasteiger partial charge < -0.3 is 14.2 Å². The molecule has 6 heteroatoms. The molecule has 0 atom stereocenters. The first kappa shape index (κ1) is 15.3. The minimum atomic E-state index is 0.672. The number of hydrogen-bond donors (Lipinski definition) is 0. The molecule has 3 aromatic rings. The van der Waals surface area contributed by atoms with Crippen molar-refractivity contribution in [1.29, 1.82) is 0 Å². The number of nitrogens with zero attached hydrogens (tertiary/aromatic N) is 2. The summed E-state index contributed by atoms with van der Waals surface area (Å²) >= 11 is 1.52. The average Bonchev–Trinajstić information content (AvgIpc) is 3.01. The van der Waals surface area contributed by atoms with E-state index in [0.29, 0.717) is 16.6 Å². The summed E-state index contributed by atoms with van der Waals surface area (Å²) in [6.07, 6.45) is 1.76. The second kappa shape index (κ2) is 6.66. The Labute approximate surface area is 138 Å². The molecule has 1 heterocycles. The summed E-state index contributed by atoms with van der Waals surface area (Å²) < 4.78 is 16.8. The molecule has 3 rings (SSSR count). The molecule has 1 aromatic heterocycles. The number of aliphatic imine (C=N–C) groups is 1. The number of aromatic nitrogens is 1. The lowest BCUT2D eigenvalue weighted by Gasteiger charge is -2.07. The van der Waals surface area contributed by atoms with Gasteiger partial charge in [0, 0.05) is 6.21 Å². The van der Waals surface area contributed by atoms with Crippen LogP contribution in [0.5, 0.6) is 17.2 Å². The fourth-order valence-electron chi connectivity index (χ4n) is 2.14. The summed E-state index contributed by atoms with van der Waals surface area (Å²) in [5.74, 6) is 2.18. The second-order valence-corrected chi connectivity index (χ2v) is 5.71. The minimum absolute atomic E-state index is 0.672. The van der Waals surface area contributed by atoms with E-state index in [-0.39, 0.29) is 0 Å². The van der Waals surface area contributed by atoms with Crippen molar-refractivity contribution in [2.24, 2.45) is 4.99 Å². The third-order valence-electron chi connectivity index (χ3n) is 3.32. The van der Waals surface area contributed by atoms with Gasteiger partial charge >= 0.3 is 0 Å². The summed E-state index contributed by atoms with van der Waals surface area (Å²) in [5, 5.41) is 0.697. The van der Waals surface area contributed by atoms with Gasteiger partial charge in [0.1, 0.15) is 5.75 Å². The number of ether oxygens (including phenoxy) is 3. The number of hydrogen-bond acceptors (Lipinski definition) is 6. The topological polar surface area (TPSA) is 52.9 Å². The predicted octanol–water partition coefficient (Wildman–Crippen LogP) is 4.07. The quantitative estimate of drug-likeness (QED) is 0.662. The van der Waals surface area contributed by atoms with Gasteiger partial charge in [-0.05, 0) is 42.0 Å². The zero-order valence-electron chi connectivity index (χ0n) is 13.1. The normalized spacial score (nSPS) is 11.1. The van der Waals surface area contributed by atoms with Crippen molar-refractivity contribution >= 4 is 32.9 Å². The lowest BCUT2D eigenvalue weighted by atomic mass is 10.2. The molecule has 0 N–H and O–H groups in total. The lowest BCUT2D eigenvalue weighted by molar-refractivity contribution is 0.355. The molecular formula is C17H16N2O3S. The number of benzene rings is 2. The van der Waals surface area contributed by atoms with Gasteiger partial charge in [0.2, 0.25) is 5.13 Å². The first-order chi connectivity index (χ1) is 11.2. The Morgan fingerprint density at radius 1 is 0.957 bits per heavy atom. The van der Waals surface area contributed by atoms with Crippen molar-refractivity contribution in [2.75, 3.05) is 21.3 Å². The van der Waals surface area contributed by atoms with E-state index in [9.17, 15) is 0 Å². The molecule has 0 saturated heterocycles. The Hall–Kier alpha value is -2.60. The second-order valence-electron chi connectivity index (χ2n) is 4.70. The molecule has 0 aliphatic carbocycles. The third kappa shape index (κ3) is 3.27. The molecule has 23 heavy (non-hydrogen) atoms. The smallest absolute Gasteiger partial charge is 0.210 e. The van der Waals surface area contributed by atoms with Gasteiger partial charge in [-0.3, -0.25) is 0 Å². The summed E-state index contributed by atoms with van der Waals surface area (Å²) in [5.41, 5.74) is 1.83. The zero-order chi connectivity index (χ0) is 16.2. The SMILES string of the molecule is COc1ccc2nc(N=Cc3ccc(OC)c(OC)c3)sc2c1. The highest BCUT2D eigenvalue weighted by Gasteiger charge is 2.05. The van der Waals surface area contributed by atoms with E-state index in [0.717, 1.165) is 21.5 Å². The fourth-order valence-corrected chi connectivity index (χ4v) is 2.98. The minimum Gasteiger partial charge on any atom is -0.497 e. The summed E-state index contributed by atoms with van der Waals surface area (Å²) in [6, 6.07) is 11.4. The predicted molar refractivity (Wildman–Crippen MR) is 93.0 cm³/mol. The maximum atomic E-state index is 5.29. The van der Waals surface area contributed by atoms with Crippen molar-refractivity contribution in [3.8, 4) is 17.2 Å². The van der Waals surface area contributed by atoms with Crippen LogP contribution in [0.15, 0.2) is 41.4 Å². The van der Waals surface area contributed by atoms with Crippen LogP contribution in [-0.2, 0) is 0 Å². The van der Waals surface area contributed by atoms with E-state index in [1.807, 2.05) is 36.4 Å². The van der Waals surface area contributed by atoms with Crippen LogP contribution in [0.4, 0.5) is 5.13 Å². The molecule has 118 valence electrons. The van der Waals surface area contributed by atoms with Crippen LogP contribution in [0.25, 0.3) is 10.2 Å². The number of fused-ring (bicyclic) bond motifs is 1. The van der Waals surface area contributed by atoms with Crippen LogP contribution in [0.1, 0.15) is 5.56 Å². The molecule has 0 spiro atoms. The number of methoxy groups -OCH3 is 3. The van der Waals surface area contributed by atoms with E-state index in [2.05, 4.69) is 9.98 Å². The van der Waals surface area contributed by atoms with Crippen LogP contribution >= 0.6 is 11.3 Å². The van der Waals surface area contributed by atoms with Gasteiger partial charge in [0.25, 0.3) is 0 Å². The maximum Gasteiger partial charge on any atom is 0.210 e. The molecule has 0 aliphatic rings. The van der Waals surface area contributed by atoms with E-state index in [4.69, 9.17) is 14.2 Å². The molecule has 0 unspecified atom stereocenters. The van der Waals surface area contributed by atoms with E-state index >= 15 is 0 Å². The van der Waals surface area contributed by atoms with Gasteiger partial charge in [-0.2, -0.15) is 0 Å². The van der Waals surface area contributed by atoms with Crippen LogP contribution in [0.2, 0.25) is 0 Å². The van der Waals surface area contributed by atoms with Gasteiger partial charge in [-0.1, -0.05) is 11.3 Å². The highest BCUT2D eigenvalue weighted by Crippen LogP contribution is 2.31. The van der Waals surface area contributed by atoms with Crippen molar-refractivity contribution in [1.82, 2.24) is 4.98 Å². The van der Waals surface area contributed by atoms with E-state index in [1.165, 1.54) is 11.3 Å². The van der Waals surface area contributed by atoms with Crippen molar-refractivity contribution in [3.63, 3.8) is 0 Å². The highest BCUT2D eigenvalue weighted by atomic mass is 32.1. The Kier molecular flexibility index (Phi) is 4.43. The first-order valence-electron chi connectivity index (χ1n) is 6.94. The Balaban J connectivity index is 1.87. The fraction of sp³-hybridized carbons (Fsp3) is 0.176. The van der Waals surface area contributed by atoms with E-state index in [1.54, 1.807) is 27.5 Å². The molecule has 0 fully saturated rings. The summed E-state index contributed by atoms with van der Waals surface area (Å²) in [4.78, 5) is 8.93. The largest absolute Gasteiger partial charge is 0.497 e. The zero-order valence-corrected chi connectivity index (χ0v) is 13.9. The summed E-state index contributed by atoms with van der Waals surface area (Å²) in [7, 11) is 4.87. The van der Waals surface area contributed by atoms with Crippen molar-refractivity contribution in [2.45, 2.75) is 0 Å². The van der Waals surface area contributed by atoms with Gasteiger partial charge in [0.05, 0.1) is 31.5 Å². The van der Waals surface area contributed by atoms with Gasteiger partial charge in [0.15, 0.2) is 11.5 Å². The molecular weight excluding hydrogens is 312 g/mol. The molecule has 5 nitrogen and oxygen atoms in total. The molecule has 0 amide bonds. The van der Waals surface area contributed by atoms with Crippen molar-refractivity contribution in [3.05, 3.63) is 42.0 Å². The van der Waals surface area contributed by atoms with Crippen LogP contribution in [0, 0.1) is 0 Å². The summed E-state index contributed by atoms with van der Waals surface area (Å²) in [6.45, 7) is 0. The Morgan fingerprint density at radius 3 is 2.52 bits per heavy atom. The molecule has 2 aromatic carbocycles. The number of thiazole rings is 1. The van der Waals surface area contributed by atoms with Crippen molar-refractivity contribution < 1.29 is 14.2 Å². The third-order valence-corrected chi connectivity index (χ3v) is 4.24. The highest BCUT2D eigenvalue weighted by molar-refractivity contribution is 7.22. The first-order valence-corrected chi connectivity index (χ1v) is 7.76. The Morgan fingerprint density at radius 2 is 1.78 bits per heavy atom. The molecule has 0 radical (unpaired) electrons. The molecule has 0 aliphatic heterocycles. The van der Waals surface area contributed by atoms with Gasteiger partial charge in [-0.25, -0.2) is 9.98 Å². The van der Waals surface area contributed by atoms with Crippen LogP contribution in [-0.4, -0.2) is 32.5 Å². The maximum absolute atomic E-state index is 5.29. The van der Waals surface area contributed by atoms with Crippen LogP contribution < -0.4 is 14.2 Å². The van der Waals surface area contributed by atoms with Gasteiger partial charge in [-0.15, -0.1) is 0 Å².